The number of hydrogen-bond acceptors (Lipinski definition) is 6. The Kier molecular flexibility index (Phi) is 6.21. The molecule has 0 bridgehead atoms. The van der Waals surface area contributed by atoms with Crippen LogP contribution in [0.1, 0.15) is 5.56 Å². The minimum absolute atomic E-state index is 0.0977. The van der Waals surface area contributed by atoms with Gasteiger partial charge in [0.25, 0.3) is 0 Å². The number of aromatic hydroxyl groups is 1. The Hall–Kier alpha value is -2.62. The fourth-order valence-electron chi connectivity index (χ4n) is 2.71. The Balaban J connectivity index is 1.87. The minimum atomic E-state index is 0.0977. The first kappa shape index (κ1) is 20.6. The zero-order valence-electron chi connectivity index (χ0n) is 15.6. The maximum atomic E-state index is 10.4. The molecular formula is C21H15Br2N3O3S. The number of halogens is 2. The molecule has 2 heterocycles. The molecule has 0 saturated carbocycles. The first-order chi connectivity index (χ1) is 14.6. The standard InChI is InChI=1S/C21H15Br2N3O3S/c1-28-18-6-3-2-5-16(18)25-21-26(17(12-30-21)19-7-4-8-29-19)24-11-13-9-14(22)10-15(23)20(13)27/h2-12,27H,1H3. The molecule has 2 aromatic heterocycles. The molecule has 0 aliphatic carbocycles. The summed E-state index contributed by atoms with van der Waals surface area (Å²) in [4.78, 5) is 5.35. The first-order valence-electron chi connectivity index (χ1n) is 8.71. The van der Waals surface area contributed by atoms with Crippen molar-refractivity contribution in [2.75, 3.05) is 7.11 Å². The summed E-state index contributed by atoms with van der Waals surface area (Å²) in [6, 6.07) is 14.7. The normalized spacial score (nSPS) is 12.0. The van der Waals surface area contributed by atoms with E-state index in [2.05, 4.69) is 37.0 Å². The van der Waals surface area contributed by atoms with E-state index in [1.54, 1.807) is 36.4 Å². The topological polar surface area (TPSA) is 72.2 Å². The summed E-state index contributed by atoms with van der Waals surface area (Å²) >= 11 is 8.19. The van der Waals surface area contributed by atoms with Gasteiger partial charge in [-0.2, -0.15) is 5.10 Å². The van der Waals surface area contributed by atoms with Crippen molar-refractivity contribution < 1.29 is 14.3 Å². The van der Waals surface area contributed by atoms with E-state index < -0.39 is 0 Å². The lowest BCUT2D eigenvalue weighted by molar-refractivity contribution is 0.416. The summed E-state index contributed by atoms with van der Waals surface area (Å²) in [5, 5.41) is 16.9. The summed E-state index contributed by atoms with van der Waals surface area (Å²) < 4.78 is 14.0. The van der Waals surface area contributed by atoms with Crippen LogP contribution >= 0.6 is 43.2 Å². The van der Waals surface area contributed by atoms with Crippen LogP contribution in [0.5, 0.6) is 11.5 Å². The highest BCUT2D eigenvalue weighted by Crippen LogP contribution is 2.31. The number of para-hydroxylation sites is 2. The number of furan rings is 1. The average molecular weight is 549 g/mol. The Bertz CT molecular complexity index is 1280. The Morgan fingerprint density at radius 3 is 2.77 bits per heavy atom. The molecule has 2 aromatic carbocycles. The molecule has 4 rings (SSSR count). The van der Waals surface area contributed by atoms with Crippen LogP contribution in [0.3, 0.4) is 0 Å². The lowest BCUT2D eigenvalue weighted by Gasteiger charge is -2.05. The molecule has 6 nitrogen and oxygen atoms in total. The predicted octanol–water partition coefficient (Wildman–Crippen LogP) is 6.16. The number of ether oxygens (including phenoxy) is 1. The number of aromatic nitrogens is 1. The van der Waals surface area contributed by atoms with Gasteiger partial charge in [-0.3, -0.25) is 0 Å². The van der Waals surface area contributed by atoms with Gasteiger partial charge < -0.3 is 14.3 Å². The lowest BCUT2D eigenvalue weighted by Crippen LogP contribution is -2.11. The third-order valence-electron chi connectivity index (χ3n) is 4.13. The van der Waals surface area contributed by atoms with Gasteiger partial charge in [-0.15, -0.1) is 11.3 Å². The van der Waals surface area contributed by atoms with Gasteiger partial charge in [0, 0.05) is 15.4 Å². The van der Waals surface area contributed by atoms with Gasteiger partial charge in [0.2, 0.25) is 4.80 Å². The van der Waals surface area contributed by atoms with Crippen LogP contribution in [0, 0.1) is 0 Å². The van der Waals surface area contributed by atoms with Crippen molar-refractivity contribution >= 4 is 55.1 Å². The van der Waals surface area contributed by atoms with Gasteiger partial charge in [0.15, 0.2) is 5.76 Å². The summed E-state index contributed by atoms with van der Waals surface area (Å²) in [7, 11) is 1.61. The molecule has 0 aliphatic rings. The smallest absolute Gasteiger partial charge is 0.211 e. The number of phenols is 1. The SMILES string of the molecule is COc1ccccc1N=c1scc(-c2ccco2)n1N=Cc1cc(Br)cc(Br)c1O. The van der Waals surface area contributed by atoms with Crippen molar-refractivity contribution in [3.8, 4) is 23.0 Å². The third-order valence-corrected chi connectivity index (χ3v) is 6.01. The van der Waals surface area contributed by atoms with Crippen LogP contribution in [0.2, 0.25) is 0 Å². The number of phenolic OH excluding ortho intramolecular Hbond substituents is 1. The van der Waals surface area contributed by atoms with E-state index in [9.17, 15) is 5.11 Å². The van der Waals surface area contributed by atoms with Crippen molar-refractivity contribution in [3.05, 3.63) is 79.5 Å². The molecule has 0 atom stereocenters. The van der Waals surface area contributed by atoms with E-state index >= 15 is 0 Å². The highest BCUT2D eigenvalue weighted by atomic mass is 79.9. The molecular weight excluding hydrogens is 534 g/mol. The number of thiazole rings is 1. The van der Waals surface area contributed by atoms with Gasteiger partial charge in [0.05, 0.1) is 24.1 Å². The second-order valence-corrected chi connectivity index (χ2v) is 8.65. The molecule has 0 aliphatic heterocycles. The van der Waals surface area contributed by atoms with Crippen LogP contribution < -0.4 is 9.54 Å². The minimum Gasteiger partial charge on any atom is -0.506 e. The fourth-order valence-corrected chi connectivity index (χ4v) is 4.80. The maximum absolute atomic E-state index is 10.4. The van der Waals surface area contributed by atoms with Crippen molar-refractivity contribution in [2.45, 2.75) is 0 Å². The number of nitrogens with zero attached hydrogens (tertiary/aromatic N) is 3. The summed E-state index contributed by atoms with van der Waals surface area (Å²) in [5.41, 5.74) is 1.97. The largest absolute Gasteiger partial charge is 0.506 e. The van der Waals surface area contributed by atoms with E-state index in [0.717, 1.165) is 10.2 Å². The number of rotatable bonds is 5. The second-order valence-electron chi connectivity index (χ2n) is 6.05. The van der Waals surface area contributed by atoms with Crippen LogP contribution in [-0.2, 0) is 0 Å². The van der Waals surface area contributed by atoms with Gasteiger partial charge in [-0.25, -0.2) is 9.67 Å². The lowest BCUT2D eigenvalue weighted by atomic mass is 10.2. The van der Waals surface area contributed by atoms with Gasteiger partial charge in [-0.1, -0.05) is 28.1 Å². The van der Waals surface area contributed by atoms with Crippen molar-refractivity contribution in [1.82, 2.24) is 4.68 Å². The molecule has 0 fully saturated rings. The summed E-state index contributed by atoms with van der Waals surface area (Å²) in [6.45, 7) is 0. The maximum Gasteiger partial charge on any atom is 0.211 e. The molecule has 30 heavy (non-hydrogen) atoms. The zero-order valence-corrected chi connectivity index (χ0v) is 19.6. The molecule has 0 spiro atoms. The quantitative estimate of drug-likeness (QED) is 0.303. The van der Waals surface area contributed by atoms with E-state index in [0.29, 0.717) is 32.0 Å². The van der Waals surface area contributed by atoms with E-state index in [1.807, 2.05) is 41.8 Å². The van der Waals surface area contributed by atoms with Gasteiger partial charge in [-0.05, 0) is 52.3 Å². The molecule has 0 saturated heterocycles. The molecule has 4 aromatic rings. The molecule has 9 heteroatoms. The zero-order chi connectivity index (χ0) is 21.1. The molecule has 152 valence electrons. The number of benzene rings is 2. The van der Waals surface area contributed by atoms with Crippen LogP contribution in [0.4, 0.5) is 5.69 Å². The van der Waals surface area contributed by atoms with Gasteiger partial charge >= 0.3 is 0 Å². The number of hydrogen-bond donors (Lipinski definition) is 1. The molecule has 1 N–H and O–H groups in total. The Morgan fingerprint density at radius 2 is 2.00 bits per heavy atom. The van der Waals surface area contributed by atoms with E-state index in [1.165, 1.54) is 11.3 Å². The first-order valence-corrected chi connectivity index (χ1v) is 11.2. The Labute approximate surface area is 193 Å². The second kappa shape index (κ2) is 9.03. The average Bonchev–Trinajstić information content (AvgIpc) is 3.40. The van der Waals surface area contributed by atoms with Crippen molar-refractivity contribution in [2.24, 2.45) is 10.1 Å². The van der Waals surface area contributed by atoms with Crippen LogP contribution in [0.25, 0.3) is 11.5 Å². The van der Waals surface area contributed by atoms with Crippen LogP contribution in [-0.4, -0.2) is 23.1 Å². The fraction of sp³-hybridized carbons (Fsp3) is 0.0476. The highest BCUT2D eigenvalue weighted by Gasteiger charge is 2.12. The highest BCUT2D eigenvalue weighted by molar-refractivity contribution is 9.11. The Morgan fingerprint density at radius 1 is 1.17 bits per heavy atom. The van der Waals surface area contributed by atoms with Crippen molar-refractivity contribution in [3.63, 3.8) is 0 Å². The van der Waals surface area contributed by atoms with Crippen molar-refractivity contribution in [1.29, 1.82) is 0 Å². The third kappa shape index (κ3) is 4.28. The van der Waals surface area contributed by atoms with E-state index in [4.69, 9.17) is 14.1 Å². The predicted molar refractivity (Wildman–Crippen MR) is 125 cm³/mol. The molecule has 0 radical (unpaired) electrons. The van der Waals surface area contributed by atoms with Gasteiger partial charge in [0.1, 0.15) is 22.9 Å². The monoisotopic (exact) mass is 547 g/mol. The molecule has 0 unspecified atom stereocenters. The summed E-state index contributed by atoms with van der Waals surface area (Å²) in [5.74, 6) is 1.42. The van der Waals surface area contributed by atoms with Crippen LogP contribution in [0.15, 0.2) is 83.6 Å². The number of methoxy groups -OCH3 is 1. The molecule has 0 amide bonds. The summed E-state index contributed by atoms with van der Waals surface area (Å²) in [6.07, 6.45) is 3.18. The van der Waals surface area contributed by atoms with E-state index in [-0.39, 0.29) is 5.75 Å².